The standard InChI is InChI=1S/C19H21NO2/c1-2-22-18(21)16(13-20)15-12-19(10-6-3-7-11-19)17-9-5-4-8-14(15)17/h4-5,8-9H,2-3,6-7,10-12H2,1H3. The molecule has 0 amide bonds. The molecule has 1 aromatic rings. The first-order chi connectivity index (χ1) is 10.7. The summed E-state index contributed by atoms with van der Waals surface area (Å²) >= 11 is 0. The zero-order valence-corrected chi connectivity index (χ0v) is 13.0. The molecule has 1 fully saturated rings. The summed E-state index contributed by atoms with van der Waals surface area (Å²) < 4.78 is 5.08. The molecule has 22 heavy (non-hydrogen) atoms. The van der Waals surface area contributed by atoms with Crippen LogP contribution >= 0.6 is 0 Å². The molecule has 0 atom stereocenters. The van der Waals surface area contributed by atoms with Crippen molar-refractivity contribution in [1.82, 2.24) is 0 Å². The number of nitriles is 1. The highest BCUT2D eigenvalue weighted by Crippen LogP contribution is 2.53. The Morgan fingerprint density at radius 2 is 2.00 bits per heavy atom. The number of benzene rings is 1. The van der Waals surface area contributed by atoms with Crippen molar-refractivity contribution >= 4 is 11.5 Å². The number of carbonyl (C=O) groups excluding carboxylic acids is 1. The van der Waals surface area contributed by atoms with E-state index in [0.29, 0.717) is 6.61 Å². The van der Waals surface area contributed by atoms with Crippen LogP contribution in [0.3, 0.4) is 0 Å². The van der Waals surface area contributed by atoms with Gasteiger partial charge in [-0.3, -0.25) is 0 Å². The van der Waals surface area contributed by atoms with Crippen molar-refractivity contribution in [2.45, 2.75) is 50.9 Å². The average Bonchev–Trinajstić information content (AvgIpc) is 2.84. The Balaban J connectivity index is 2.11. The Bertz CT molecular complexity index is 660. The Hall–Kier alpha value is -2.08. The van der Waals surface area contributed by atoms with E-state index in [0.717, 1.165) is 30.4 Å². The first kappa shape index (κ1) is 14.8. The Morgan fingerprint density at radius 1 is 1.27 bits per heavy atom. The first-order valence-electron chi connectivity index (χ1n) is 8.12. The van der Waals surface area contributed by atoms with E-state index in [2.05, 4.69) is 18.2 Å². The molecule has 2 aliphatic carbocycles. The molecule has 1 aromatic carbocycles. The van der Waals surface area contributed by atoms with Crippen molar-refractivity contribution in [3.8, 4) is 6.07 Å². The maximum Gasteiger partial charge on any atom is 0.349 e. The van der Waals surface area contributed by atoms with Gasteiger partial charge in [0.05, 0.1) is 6.61 Å². The molecule has 3 heteroatoms. The van der Waals surface area contributed by atoms with Gasteiger partial charge in [-0.1, -0.05) is 43.5 Å². The van der Waals surface area contributed by atoms with Crippen LogP contribution in [-0.4, -0.2) is 12.6 Å². The monoisotopic (exact) mass is 295 g/mol. The maximum absolute atomic E-state index is 12.1. The van der Waals surface area contributed by atoms with Gasteiger partial charge in [-0.25, -0.2) is 4.79 Å². The number of carbonyl (C=O) groups is 1. The molecule has 0 aliphatic heterocycles. The Kier molecular flexibility index (Phi) is 4.02. The van der Waals surface area contributed by atoms with Crippen LogP contribution < -0.4 is 0 Å². The van der Waals surface area contributed by atoms with E-state index in [1.165, 1.54) is 24.8 Å². The summed E-state index contributed by atoms with van der Waals surface area (Å²) in [5, 5.41) is 9.49. The van der Waals surface area contributed by atoms with Gasteiger partial charge in [0, 0.05) is 5.41 Å². The number of nitrogens with zero attached hydrogens (tertiary/aromatic N) is 1. The molecule has 0 heterocycles. The lowest BCUT2D eigenvalue weighted by Gasteiger charge is -2.34. The van der Waals surface area contributed by atoms with Crippen LogP contribution in [0.4, 0.5) is 0 Å². The Morgan fingerprint density at radius 3 is 2.68 bits per heavy atom. The molecule has 1 spiro atoms. The number of hydrogen-bond acceptors (Lipinski definition) is 3. The van der Waals surface area contributed by atoms with Crippen molar-refractivity contribution in [2.75, 3.05) is 6.61 Å². The number of hydrogen-bond donors (Lipinski definition) is 0. The first-order valence-corrected chi connectivity index (χ1v) is 8.12. The van der Waals surface area contributed by atoms with Crippen LogP contribution in [0.25, 0.3) is 5.57 Å². The molecular formula is C19H21NO2. The SMILES string of the molecule is CCOC(=O)C(C#N)=C1CC2(CCCCC2)c2ccccc21. The minimum atomic E-state index is -0.484. The third-order valence-electron chi connectivity index (χ3n) is 5.04. The van der Waals surface area contributed by atoms with Crippen LogP contribution in [0, 0.1) is 11.3 Å². The summed E-state index contributed by atoms with van der Waals surface area (Å²) in [6.45, 7) is 2.06. The fraction of sp³-hybridized carbons (Fsp3) is 0.474. The van der Waals surface area contributed by atoms with Gasteiger partial charge >= 0.3 is 5.97 Å². The lowest BCUT2D eigenvalue weighted by molar-refractivity contribution is -0.137. The summed E-state index contributed by atoms with van der Waals surface area (Å²) in [5.74, 6) is -0.484. The predicted octanol–water partition coefficient (Wildman–Crippen LogP) is 4.13. The van der Waals surface area contributed by atoms with E-state index in [1.54, 1.807) is 6.92 Å². The van der Waals surface area contributed by atoms with Crippen LogP contribution in [0.2, 0.25) is 0 Å². The van der Waals surface area contributed by atoms with Crippen molar-refractivity contribution in [3.63, 3.8) is 0 Å². The second kappa shape index (κ2) is 5.96. The van der Waals surface area contributed by atoms with E-state index in [1.807, 2.05) is 12.1 Å². The maximum atomic E-state index is 12.1. The second-order valence-electron chi connectivity index (χ2n) is 6.25. The minimum absolute atomic E-state index is 0.124. The fourth-order valence-corrected chi connectivity index (χ4v) is 4.07. The van der Waals surface area contributed by atoms with Crippen molar-refractivity contribution in [3.05, 3.63) is 41.0 Å². The molecule has 0 N–H and O–H groups in total. The van der Waals surface area contributed by atoms with E-state index >= 15 is 0 Å². The van der Waals surface area contributed by atoms with Gasteiger partial charge in [-0.05, 0) is 42.9 Å². The van der Waals surface area contributed by atoms with Crippen LogP contribution in [0.5, 0.6) is 0 Å². The molecule has 0 unspecified atom stereocenters. The fourth-order valence-electron chi connectivity index (χ4n) is 4.07. The average molecular weight is 295 g/mol. The predicted molar refractivity (Wildman–Crippen MR) is 85.0 cm³/mol. The summed E-state index contributed by atoms with van der Waals surface area (Å²) in [7, 11) is 0. The van der Waals surface area contributed by atoms with Crippen molar-refractivity contribution in [2.24, 2.45) is 0 Å². The van der Waals surface area contributed by atoms with E-state index in [-0.39, 0.29) is 11.0 Å². The zero-order valence-electron chi connectivity index (χ0n) is 13.0. The summed E-state index contributed by atoms with van der Waals surface area (Å²) in [4.78, 5) is 12.1. The molecule has 114 valence electrons. The topological polar surface area (TPSA) is 50.1 Å². The molecule has 0 aromatic heterocycles. The van der Waals surface area contributed by atoms with E-state index in [9.17, 15) is 10.1 Å². The van der Waals surface area contributed by atoms with E-state index < -0.39 is 5.97 Å². The molecular weight excluding hydrogens is 274 g/mol. The highest BCUT2D eigenvalue weighted by Gasteiger charge is 2.43. The molecule has 2 aliphatic rings. The van der Waals surface area contributed by atoms with Gasteiger partial charge < -0.3 is 4.74 Å². The molecule has 0 saturated heterocycles. The van der Waals surface area contributed by atoms with Crippen LogP contribution in [0.15, 0.2) is 29.8 Å². The second-order valence-corrected chi connectivity index (χ2v) is 6.25. The number of rotatable bonds is 2. The van der Waals surface area contributed by atoms with Gasteiger partial charge in [0.25, 0.3) is 0 Å². The third kappa shape index (κ3) is 2.33. The Labute approximate surface area is 131 Å². The number of ether oxygens (including phenoxy) is 1. The van der Waals surface area contributed by atoms with Gasteiger partial charge in [0.1, 0.15) is 11.6 Å². The number of allylic oxidation sites excluding steroid dienone is 1. The van der Waals surface area contributed by atoms with Gasteiger partial charge in [0.2, 0.25) is 0 Å². The highest BCUT2D eigenvalue weighted by atomic mass is 16.5. The van der Waals surface area contributed by atoms with Crippen LogP contribution in [0.1, 0.15) is 56.6 Å². The summed E-state index contributed by atoms with van der Waals surface area (Å²) in [6, 6.07) is 10.4. The molecule has 0 radical (unpaired) electrons. The van der Waals surface area contributed by atoms with Crippen molar-refractivity contribution in [1.29, 1.82) is 5.26 Å². The van der Waals surface area contributed by atoms with Crippen LogP contribution in [-0.2, 0) is 14.9 Å². The smallest absolute Gasteiger partial charge is 0.349 e. The minimum Gasteiger partial charge on any atom is -0.462 e. The van der Waals surface area contributed by atoms with Crippen molar-refractivity contribution < 1.29 is 9.53 Å². The number of fused-ring (bicyclic) bond motifs is 2. The molecule has 0 bridgehead atoms. The molecule has 3 rings (SSSR count). The lowest BCUT2D eigenvalue weighted by Crippen LogP contribution is -2.25. The van der Waals surface area contributed by atoms with Gasteiger partial charge in [0.15, 0.2) is 0 Å². The third-order valence-corrected chi connectivity index (χ3v) is 5.04. The largest absolute Gasteiger partial charge is 0.462 e. The lowest BCUT2D eigenvalue weighted by atomic mass is 9.70. The molecule has 3 nitrogen and oxygen atoms in total. The highest BCUT2D eigenvalue weighted by molar-refractivity contribution is 6.03. The quantitative estimate of drug-likeness (QED) is 0.468. The summed E-state index contributed by atoms with van der Waals surface area (Å²) in [6.07, 6.45) is 6.83. The van der Waals surface area contributed by atoms with Gasteiger partial charge in [-0.2, -0.15) is 5.26 Å². The normalized spacial score (nSPS) is 21.1. The van der Waals surface area contributed by atoms with Gasteiger partial charge in [-0.15, -0.1) is 0 Å². The molecule has 1 saturated carbocycles. The number of esters is 1. The van der Waals surface area contributed by atoms with E-state index in [4.69, 9.17) is 4.74 Å². The zero-order chi connectivity index (χ0) is 15.6. The summed E-state index contributed by atoms with van der Waals surface area (Å²) in [5.41, 5.74) is 3.60.